The maximum absolute atomic E-state index is 14.0. The number of halogens is 4. The van der Waals surface area contributed by atoms with Gasteiger partial charge in [0, 0.05) is 22.7 Å². The summed E-state index contributed by atoms with van der Waals surface area (Å²) < 4.78 is 40.5. The Balaban J connectivity index is 2.32. The molecule has 0 heterocycles. The van der Waals surface area contributed by atoms with Gasteiger partial charge in [0.15, 0.2) is 0 Å². The van der Waals surface area contributed by atoms with Crippen molar-refractivity contribution in [1.82, 2.24) is 5.32 Å². The summed E-state index contributed by atoms with van der Waals surface area (Å²) in [5.74, 6) is -1.69. The summed E-state index contributed by atoms with van der Waals surface area (Å²) in [5.41, 5.74) is 0.840. The molecule has 0 amide bonds. The van der Waals surface area contributed by atoms with Crippen molar-refractivity contribution in [3.63, 3.8) is 0 Å². The minimum atomic E-state index is -0.646. The zero-order valence-electron chi connectivity index (χ0n) is 11.5. The lowest BCUT2D eigenvalue weighted by molar-refractivity contribution is 0.506. The lowest BCUT2D eigenvalue weighted by atomic mass is 9.98. The third-order valence-electron chi connectivity index (χ3n) is 3.15. The van der Waals surface area contributed by atoms with Crippen molar-refractivity contribution >= 4 is 11.6 Å². The third kappa shape index (κ3) is 4.22. The molecule has 1 nitrogen and oxygen atoms in total. The van der Waals surface area contributed by atoms with Crippen molar-refractivity contribution in [3.05, 3.63) is 70.0 Å². The molecule has 1 atom stereocenters. The highest BCUT2D eigenvalue weighted by Gasteiger charge is 2.17. The Labute approximate surface area is 126 Å². The van der Waals surface area contributed by atoms with E-state index in [9.17, 15) is 13.2 Å². The molecule has 0 aliphatic heterocycles. The van der Waals surface area contributed by atoms with Gasteiger partial charge >= 0.3 is 0 Å². The van der Waals surface area contributed by atoms with E-state index >= 15 is 0 Å². The molecule has 0 aliphatic rings. The van der Waals surface area contributed by atoms with Crippen molar-refractivity contribution in [1.29, 1.82) is 0 Å². The van der Waals surface area contributed by atoms with Gasteiger partial charge in [0.1, 0.15) is 17.5 Å². The first-order valence-corrected chi connectivity index (χ1v) is 7.00. The van der Waals surface area contributed by atoms with Crippen LogP contribution >= 0.6 is 11.6 Å². The molecule has 0 saturated carbocycles. The number of benzene rings is 2. The van der Waals surface area contributed by atoms with Crippen LogP contribution in [-0.2, 0) is 6.42 Å². The molecule has 5 heteroatoms. The zero-order valence-corrected chi connectivity index (χ0v) is 12.2. The molecular formula is C16H15ClF3N. The molecule has 0 aromatic heterocycles. The predicted molar refractivity (Wildman–Crippen MR) is 77.9 cm³/mol. The highest BCUT2D eigenvalue weighted by atomic mass is 35.5. The molecule has 112 valence electrons. The van der Waals surface area contributed by atoms with Gasteiger partial charge in [-0.25, -0.2) is 13.2 Å². The molecule has 2 aromatic rings. The fourth-order valence-corrected chi connectivity index (χ4v) is 2.47. The van der Waals surface area contributed by atoms with Crippen LogP contribution in [0.5, 0.6) is 0 Å². The average molecular weight is 314 g/mol. The Bertz CT molecular complexity index is 611. The first-order chi connectivity index (χ1) is 9.99. The normalized spacial score (nSPS) is 12.4. The topological polar surface area (TPSA) is 12.0 Å². The van der Waals surface area contributed by atoms with Crippen molar-refractivity contribution in [2.45, 2.75) is 19.4 Å². The number of likely N-dealkylation sites (N-methyl/N-ethyl adjacent to an activating group) is 1. The molecule has 1 N–H and O–H groups in total. The van der Waals surface area contributed by atoms with E-state index in [2.05, 4.69) is 5.32 Å². The van der Waals surface area contributed by atoms with Gasteiger partial charge in [-0.05, 0) is 48.9 Å². The molecule has 21 heavy (non-hydrogen) atoms. The van der Waals surface area contributed by atoms with Crippen LogP contribution in [0.1, 0.15) is 24.1 Å². The average Bonchev–Trinajstić information content (AvgIpc) is 2.40. The smallest absolute Gasteiger partial charge is 0.128 e. The molecule has 0 spiro atoms. The standard InChI is InChI=1S/C16H15ClF3N/c1-2-21-16(14-8-11(17)3-4-15(14)20)7-10-5-12(18)9-13(19)6-10/h3-6,8-9,16,21H,2,7H2,1H3. The van der Waals surface area contributed by atoms with Crippen LogP contribution in [0.15, 0.2) is 36.4 Å². The summed E-state index contributed by atoms with van der Waals surface area (Å²) in [6.45, 7) is 2.47. The molecule has 0 fully saturated rings. The van der Waals surface area contributed by atoms with Crippen molar-refractivity contribution < 1.29 is 13.2 Å². The maximum atomic E-state index is 14.0. The van der Waals surface area contributed by atoms with Crippen LogP contribution < -0.4 is 5.32 Å². The zero-order chi connectivity index (χ0) is 15.4. The Morgan fingerprint density at radius 3 is 2.33 bits per heavy atom. The van der Waals surface area contributed by atoms with E-state index in [-0.39, 0.29) is 6.42 Å². The third-order valence-corrected chi connectivity index (χ3v) is 3.38. The summed E-state index contributed by atoms with van der Waals surface area (Å²) in [6.07, 6.45) is 0.264. The summed E-state index contributed by atoms with van der Waals surface area (Å²) in [6, 6.07) is 7.17. The molecule has 2 rings (SSSR count). The molecule has 0 saturated heterocycles. The monoisotopic (exact) mass is 313 g/mol. The Morgan fingerprint density at radius 2 is 1.71 bits per heavy atom. The quantitative estimate of drug-likeness (QED) is 0.847. The van der Waals surface area contributed by atoms with E-state index in [1.807, 2.05) is 6.92 Å². The molecule has 0 radical (unpaired) electrons. The van der Waals surface area contributed by atoms with Crippen molar-refractivity contribution in [2.75, 3.05) is 6.54 Å². The molecule has 1 unspecified atom stereocenters. The lowest BCUT2D eigenvalue weighted by Crippen LogP contribution is -2.24. The van der Waals surface area contributed by atoms with Gasteiger partial charge in [-0.2, -0.15) is 0 Å². The van der Waals surface area contributed by atoms with E-state index in [1.54, 1.807) is 0 Å². The van der Waals surface area contributed by atoms with E-state index < -0.39 is 23.5 Å². The lowest BCUT2D eigenvalue weighted by Gasteiger charge is -2.19. The van der Waals surface area contributed by atoms with Crippen LogP contribution in [0, 0.1) is 17.5 Å². The van der Waals surface area contributed by atoms with Gasteiger partial charge in [0.25, 0.3) is 0 Å². The second-order valence-electron chi connectivity index (χ2n) is 4.76. The van der Waals surface area contributed by atoms with Crippen LogP contribution in [-0.4, -0.2) is 6.54 Å². The van der Waals surface area contributed by atoms with Gasteiger partial charge in [-0.15, -0.1) is 0 Å². The second-order valence-corrected chi connectivity index (χ2v) is 5.19. The first-order valence-electron chi connectivity index (χ1n) is 6.63. The molecule has 0 aliphatic carbocycles. The first kappa shape index (κ1) is 15.9. The van der Waals surface area contributed by atoms with Gasteiger partial charge in [-0.3, -0.25) is 0 Å². The summed E-state index contributed by atoms with van der Waals surface area (Å²) in [5, 5.41) is 3.53. The highest BCUT2D eigenvalue weighted by molar-refractivity contribution is 6.30. The molecular weight excluding hydrogens is 299 g/mol. The van der Waals surface area contributed by atoms with E-state index in [1.165, 1.54) is 30.3 Å². The highest BCUT2D eigenvalue weighted by Crippen LogP contribution is 2.25. The molecule has 2 aromatic carbocycles. The molecule has 0 bridgehead atoms. The van der Waals surface area contributed by atoms with Crippen LogP contribution in [0.3, 0.4) is 0 Å². The van der Waals surface area contributed by atoms with E-state index in [0.717, 1.165) is 6.07 Å². The van der Waals surface area contributed by atoms with Crippen LogP contribution in [0.25, 0.3) is 0 Å². The Morgan fingerprint density at radius 1 is 1.05 bits per heavy atom. The van der Waals surface area contributed by atoms with Crippen LogP contribution in [0.4, 0.5) is 13.2 Å². The number of hydrogen-bond acceptors (Lipinski definition) is 1. The van der Waals surface area contributed by atoms with Gasteiger partial charge < -0.3 is 5.32 Å². The fraction of sp³-hybridized carbons (Fsp3) is 0.250. The largest absolute Gasteiger partial charge is 0.310 e. The van der Waals surface area contributed by atoms with Crippen molar-refractivity contribution in [2.24, 2.45) is 0 Å². The van der Waals surface area contributed by atoms with Gasteiger partial charge in [0.2, 0.25) is 0 Å². The minimum Gasteiger partial charge on any atom is -0.310 e. The Kier molecular flexibility index (Phi) is 5.26. The van der Waals surface area contributed by atoms with Crippen molar-refractivity contribution in [3.8, 4) is 0 Å². The number of hydrogen-bond donors (Lipinski definition) is 1. The van der Waals surface area contributed by atoms with E-state index in [4.69, 9.17) is 11.6 Å². The summed E-state index contributed by atoms with van der Waals surface area (Å²) in [4.78, 5) is 0. The van der Waals surface area contributed by atoms with Gasteiger partial charge in [-0.1, -0.05) is 18.5 Å². The minimum absolute atomic E-state index is 0.264. The fourth-order valence-electron chi connectivity index (χ4n) is 2.28. The summed E-state index contributed by atoms with van der Waals surface area (Å²) in [7, 11) is 0. The SMILES string of the molecule is CCNC(Cc1cc(F)cc(F)c1)c1cc(Cl)ccc1F. The summed E-state index contributed by atoms with van der Waals surface area (Å²) >= 11 is 5.90. The van der Waals surface area contributed by atoms with Crippen LogP contribution in [0.2, 0.25) is 5.02 Å². The Hall–Kier alpha value is -1.52. The van der Waals surface area contributed by atoms with E-state index in [0.29, 0.717) is 22.7 Å². The predicted octanol–water partition coefficient (Wildman–Crippen LogP) is 4.65. The maximum Gasteiger partial charge on any atom is 0.128 e. The second kappa shape index (κ2) is 6.96. The number of nitrogens with one attached hydrogen (secondary N) is 1. The number of rotatable bonds is 5. The van der Waals surface area contributed by atoms with Gasteiger partial charge in [0.05, 0.1) is 0 Å².